The number of allylic oxidation sites excluding steroid dienone is 1. The van der Waals surface area contributed by atoms with Gasteiger partial charge in [0.2, 0.25) is 5.43 Å². The van der Waals surface area contributed by atoms with Gasteiger partial charge in [-0.25, -0.2) is 0 Å². The molecule has 5 nitrogen and oxygen atoms in total. The van der Waals surface area contributed by atoms with Crippen LogP contribution in [0.2, 0.25) is 10.0 Å². The van der Waals surface area contributed by atoms with Crippen molar-refractivity contribution in [1.29, 1.82) is 5.26 Å². The average Bonchev–Trinajstić information content (AvgIpc) is 2.47. The smallest absolute Gasteiger partial charge is 0.223 e. The van der Waals surface area contributed by atoms with E-state index in [1.54, 1.807) is 0 Å². The molecule has 2 aromatic rings. The fourth-order valence-corrected chi connectivity index (χ4v) is 2.12. The number of hydrogen-bond acceptors (Lipinski definition) is 4. The van der Waals surface area contributed by atoms with Crippen LogP contribution >= 0.6 is 23.2 Å². The van der Waals surface area contributed by atoms with Gasteiger partial charge in [0.25, 0.3) is 0 Å². The molecule has 1 N–H and O–H groups in total. The maximum absolute atomic E-state index is 11.7. The molecule has 2 aromatic heterocycles. The molecule has 0 bridgehead atoms. The van der Waals surface area contributed by atoms with Crippen LogP contribution in [-0.4, -0.2) is 17.1 Å². The second-order valence-electron chi connectivity index (χ2n) is 3.97. The molecule has 7 heteroatoms. The van der Waals surface area contributed by atoms with E-state index in [0.29, 0.717) is 21.3 Å². The van der Waals surface area contributed by atoms with Crippen LogP contribution in [-0.2, 0) is 0 Å². The molecule has 0 unspecified atom stereocenters. The Labute approximate surface area is 130 Å². The summed E-state index contributed by atoms with van der Waals surface area (Å²) < 4.78 is 4.87. The molecular formula is C14H9Cl2N3O2. The number of halogens is 2. The van der Waals surface area contributed by atoms with E-state index in [9.17, 15) is 10.1 Å². The summed E-state index contributed by atoms with van der Waals surface area (Å²) in [5.41, 5.74) is 0.679. The highest BCUT2D eigenvalue weighted by Crippen LogP contribution is 2.27. The first-order chi connectivity index (χ1) is 10.1. The molecule has 0 radical (unpaired) electrons. The first-order valence-electron chi connectivity index (χ1n) is 5.74. The van der Waals surface area contributed by atoms with Crippen molar-refractivity contribution in [2.75, 3.05) is 7.11 Å². The molecule has 0 aliphatic heterocycles. The van der Waals surface area contributed by atoms with Crippen LogP contribution in [0.4, 0.5) is 0 Å². The highest BCUT2D eigenvalue weighted by atomic mass is 35.5. The van der Waals surface area contributed by atoms with Crippen LogP contribution in [0, 0.1) is 11.3 Å². The summed E-state index contributed by atoms with van der Waals surface area (Å²) in [4.78, 5) is 18.4. The quantitative estimate of drug-likeness (QED) is 0.881. The molecule has 0 atom stereocenters. The van der Waals surface area contributed by atoms with E-state index in [1.807, 2.05) is 6.07 Å². The van der Waals surface area contributed by atoms with Gasteiger partial charge >= 0.3 is 0 Å². The predicted octanol–water partition coefficient (Wildman–Crippen LogP) is 3.15. The molecular weight excluding hydrogens is 313 g/mol. The Kier molecular flexibility index (Phi) is 4.63. The fraction of sp³-hybridized carbons (Fsp3) is 0.0714. The van der Waals surface area contributed by atoms with Crippen LogP contribution in [0.25, 0.3) is 11.6 Å². The Morgan fingerprint density at radius 3 is 2.62 bits per heavy atom. The van der Waals surface area contributed by atoms with Crippen molar-refractivity contribution in [1.82, 2.24) is 9.97 Å². The minimum atomic E-state index is -0.334. The van der Waals surface area contributed by atoms with Gasteiger partial charge in [0.1, 0.15) is 6.07 Å². The largest absolute Gasteiger partial charge is 0.491 e. The highest BCUT2D eigenvalue weighted by molar-refractivity contribution is 6.37. The van der Waals surface area contributed by atoms with E-state index in [1.165, 1.54) is 37.8 Å². The minimum Gasteiger partial charge on any atom is -0.491 e. The third-order valence-corrected chi connectivity index (χ3v) is 3.29. The molecule has 21 heavy (non-hydrogen) atoms. The van der Waals surface area contributed by atoms with Crippen LogP contribution < -0.4 is 10.2 Å². The molecule has 0 fully saturated rings. The number of rotatable bonds is 3. The zero-order valence-corrected chi connectivity index (χ0v) is 12.4. The molecule has 0 saturated heterocycles. The predicted molar refractivity (Wildman–Crippen MR) is 81.4 cm³/mol. The third-order valence-electron chi connectivity index (χ3n) is 2.69. The van der Waals surface area contributed by atoms with E-state index in [0.717, 1.165) is 0 Å². The number of pyridine rings is 2. The molecule has 0 aromatic carbocycles. The second kappa shape index (κ2) is 6.44. The van der Waals surface area contributed by atoms with E-state index in [4.69, 9.17) is 27.9 Å². The van der Waals surface area contributed by atoms with E-state index in [-0.39, 0.29) is 16.8 Å². The second-order valence-corrected chi connectivity index (χ2v) is 4.78. The number of methoxy groups -OCH3 is 1. The maximum Gasteiger partial charge on any atom is 0.223 e. The van der Waals surface area contributed by atoms with E-state index < -0.39 is 0 Å². The van der Waals surface area contributed by atoms with Gasteiger partial charge in [-0.2, -0.15) is 5.26 Å². The standard InChI is InChI=1S/C14H9Cl2N3O2/c1-21-14-7-19-12(3-13(14)20)8(4-17)2-9-10(15)5-18-6-11(9)16/h2-3,5-7H,1H3,(H,19,20)/b8-2+. The normalized spacial score (nSPS) is 11.0. The van der Waals surface area contributed by atoms with Crippen molar-refractivity contribution < 1.29 is 4.74 Å². The van der Waals surface area contributed by atoms with Gasteiger partial charge in [-0.15, -0.1) is 0 Å². The first-order valence-corrected chi connectivity index (χ1v) is 6.50. The highest BCUT2D eigenvalue weighted by Gasteiger charge is 2.09. The molecule has 106 valence electrons. The van der Waals surface area contributed by atoms with Gasteiger partial charge < -0.3 is 9.72 Å². The van der Waals surface area contributed by atoms with Gasteiger partial charge in [0.05, 0.1) is 28.4 Å². The number of H-pyrrole nitrogens is 1. The molecule has 0 amide bonds. The van der Waals surface area contributed by atoms with Crippen molar-refractivity contribution in [2.24, 2.45) is 0 Å². The molecule has 0 aliphatic carbocycles. The minimum absolute atomic E-state index is 0.163. The van der Waals surface area contributed by atoms with Crippen molar-refractivity contribution in [3.63, 3.8) is 0 Å². The molecule has 0 aliphatic rings. The topological polar surface area (TPSA) is 78.8 Å². The molecule has 0 saturated carbocycles. The lowest BCUT2D eigenvalue weighted by atomic mass is 10.1. The van der Waals surface area contributed by atoms with Crippen LogP contribution in [0.5, 0.6) is 5.75 Å². The summed E-state index contributed by atoms with van der Waals surface area (Å²) in [6, 6.07) is 3.27. The summed E-state index contributed by atoms with van der Waals surface area (Å²) in [5.74, 6) is 0.163. The summed E-state index contributed by atoms with van der Waals surface area (Å²) >= 11 is 12.0. The summed E-state index contributed by atoms with van der Waals surface area (Å²) in [7, 11) is 1.39. The van der Waals surface area contributed by atoms with Gasteiger partial charge in [0.15, 0.2) is 5.75 Å². The number of nitrogens with zero attached hydrogens (tertiary/aromatic N) is 2. The Morgan fingerprint density at radius 1 is 1.43 bits per heavy atom. The number of hydrogen-bond donors (Lipinski definition) is 1. The molecule has 0 spiro atoms. The van der Waals surface area contributed by atoms with E-state index in [2.05, 4.69) is 9.97 Å². The van der Waals surface area contributed by atoms with Gasteiger partial charge in [-0.05, 0) is 6.08 Å². The summed E-state index contributed by atoms with van der Waals surface area (Å²) in [5, 5.41) is 9.89. The van der Waals surface area contributed by atoms with Crippen molar-refractivity contribution in [2.45, 2.75) is 0 Å². The zero-order valence-electron chi connectivity index (χ0n) is 10.9. The maximum atomic E-state index is 11.7. The number of ether oxygens (including phenoxy) is 1. The first kappa shape index (κ1) is 15.1. The van der Waals surface area contributed by atoms with Gasteiger partial charge in [-0.1, -0.05) is 23.2 Å². The Hall–Kier alpha value is -2.29. The van der Waals surface area contributed by atoms with Crippen LogP contribution in [0.3, 0.4) is 0 Å². The Bertz CT molecular complexity index is 786. The Balaban J connectivity index is 2.55. The van der Waals surface area contributed by atoms with Gasteiger partial charge in [-0.3, -0.25) is 9.78 Å². The molecule has 2 heterocycles. The lowest BCUT2D eigenvalue weighted by molar-refractivity contribution is 0.409. The number of aromatic amines is 1. The average molecular weight is 322 g/mol. The molecule has 2 rings (SSSR count). The van der Waals surface area contributed by atoms with E-state index >= 15 is 0 Å². The Morgan fingerprint density at radius 2 is 2.10 bits per heavy atom. The fourth-order valence-electron chi connectivity index (χ4n) is 1.65. The summed E-state index contributed by atoms with van der Waals surface area (Å²) in [6.45, 7) is 0. The number of nitriles is 1. The van der Waals surface area contributed by atoms with Gasteiger partial charge in [0, 0.05) is 30.2 Å². The number of nitrogens with one attached hydrogen (secondary N) is 1. The van der Waals surface area contributed by atoms with Crippen molar-refractivity contribution in [3.8, 4) is 11.8 Å². The zero-order chi connectivity index (χ0) is 15.4. The third kappa shape index (κ3) is 3.24. The van der Waals surface area contributed by atoms with Crippen LogP contribution in [0.15, 0.2) is 29.5 Å². The number of aromatic nitrogens is 2. The lowest BCUT2D eigenvalue weighted by Gasteiger charge is -2.04. The van der Waals surface area contributed by atoms with Crippen molar-refractivity contribution in [3.05, 3.63) is 56.2 Å². The summed E-state index contributed by atoms with van der Waals surface area (Å²) in [6.07, 6.45) is 5.72. The monoisotopic (exact) mass is 321 g/mol. The van der Waals surface area contributed by atoms with Crippen LogP contribution in [0.1, 0.15) is 11.3 Å². The van der Waals surface area contributed by atoms with Crippen molar-refractivity contribution >= 4 is 34.9 Å². The SMILES string of the molecule is COc1c[nH]c(/C(C#N)=C/c2c(Cl)cncc2Cl)cc1=O. The lowest BCUT2D eigenvalue weighted by Crippen LogP contribution is -2.06.